The molecule has 2 aromatic heterocycles. The summed E-state index contributed by atoms with van der Waals surface area (Å²) in [6, 6.07) is 7.31. The molecule has 0 atom stereocenters. The summed E-state index contributed by atoms with van der Waals surface area (Å²) in [6.07, 6.45) is 3.21. The smallest absolute Gasteiger partial charge is 0.254 e. The van der Waals surface area contributed by atoms with Gasteiger partial charge in [-0.05, 0) is 45.0 Å². The number of hydrogen-bond acceptors (Lipinski definition) is 8. The van der Waals surface area contributed by atoms with Crippen LogP contribution in [0.15, 0.2) is 36.7 Å². The predicted octanol–water partition coefficient (Wildman–Crippen LogP) is 2.50. The molecule has 1 aromatic carbocycles. The lowest BCUT2D eigenvalue weighted by Crippen LogP contribution is -2.55. The van der Waals surface area contributed by atoms with Crippen LogP contribution in [0.1, 0.15) is 29.9 Å². The lowest BCUT2D eigenvalue weighted by Gasteiger charge is -2.40. The van der Waals surface area contributed by atoms with Crippen LogP contribution in [0.3, 0.4) is 0 Å². The topological polar surface area (TPSA) is 104 Å². The molecule has 1 N–H and O–H groups in total. The Hall–Kier alpha value is -3.50. The maximum atomic E-state index is 13.0. The second-order valence-corrected chi connectivity index (χ2v) is 8.96. The van der Waals surface area contributed by atoms with Gasteiger partial charge in [-0.1, -0.05) is 0 Å². The second-order valence-electron chi connectivity index (χ2n) is 8.96. The SMILES string of the molecule is COc1ccc(OC)c(-c2ccnc(-n3ncc(C(=O)NCC(C)(C)N4CCOCC4)c3C)n2)c1. The number of carbonyl (C=O) groups is 1. The van der Waals surface area contributed by atoms with Crippen molar-refractivity contribution in [1.29, 1.82) is 0 Å². The van der Waals surface area contributed by atoms with Crippen LogP contribution in [0.5, 0.6) is 11.5 Å². The number of rotatable bonds is 8. The van der Waals surface area contributed by atoms with E-state index >= 15 is 0 Å². The molecule has 0 aliphatic carbocycles. The highest BCUT2D eigenvalue weighted by molar-refractivity contribution is 5.95. The molecule has 0 spiro atoms. The molecule has 4 rings (SSSR count). The van der Waals surface area contributed by atoms with Crippen LogP contribution >= 0.6 is 0 Å². The largest absolute Gasteiger partial charge is 0.497 e. The summed E-state index contributed by atoms with van der Waals surface area (Å²) in [5.74, 6) is 1.53. The maximum Gasteiger partial charge on any atom is 0.254 e. The maximum absolute atomic E-state index is 13.0. The van der Waals surface area contributed by atoms with Crippen molar-refractivity contribution in [3.05, 3.63) is 47.9 Å². The number of ether oxygens (including phenoxy) is 3. The standard InChI is InChI=1S/C25H32N6O4/c1-17-20(23(32)27-16-25(2,3)30-10-12-35-13-11-30)15-28-31(17)24-26-9-8-21(29-24)19-14-18(33-4)6-7-22(19)34-5/h6-9,14-15H,10-13,16H2,1-5H3,(H,27,32). The fraction of sp³-hybridized carbons (Fsp3) is 0.440. The summed E-state index contributed by atoms with van der Waals surface area (Å²) in [5.41, 5.74) is 2.37. The second kappa shape index (κ2) is 10.4. The molecular formula is C25H32N6O4. The number of hydrogen-bond donors (Lipinski definition) is 1. The Bertz CT molecular complexity index is 1190. The summed E-state index contributed by atoms with van der Waals surface area (Å²) >= 11 is 0. The van der Waals surface area contributed by atoms with E-state index in [1.165, 1.54) is 0 Å². The number of morpholine rings is 1. The number of nitrogens with one attached hydrogen (secondary N) is 1. The zero-order valence-electron chi connectivity index (χ0n) is 20.9. The number of amides is 1. The molecule has 186 valence electrons. The predicted molar refractivity (Wildman–Crippen MR) is 131 cm³/mol. The lowest BCUT2D eigenvalue weighted by atomic mass is 10.0. The van der Waals surface area contributed by atoms with Gasteiger partial charge >= 0.3 is 0 Å². The van der Waals surface area contributed by atoms with Crippen molar-refractivity contribution in [3.8, 4) is 28.7 Å². The van der Waals surface area contributed by atoms with Crippen molar-refractivity contribution in [3.63, 3.8) is 0 Å². The normalized spacial score (nSPS) is 14.5. The number of benzene rings is 1. The first kappa shape index (κ1) is 24.6. The highest BCUT2D eigenvalue weighted by Gasteiger charge is 2.29. The van der Waals surface area contributed by atoms with E-state index in [2.05, 4.69) is 39.1 Å². The van der Waals surface area contributed by atoms with E-state index in [9.17, 15) is 4.79 Å². The van der Waals surface area contributed by atoms with E-state index < -0.39 is 0 Å². The lowest BCUT2D eigenvalue weighted by molar-refractivity contribution is -0.00923. The Labute approximate surface area is 205 Å². The zero-order valence-corrected chi connectivity index (χ0v) is 20.9. The zero-order chi connectivity index (χ0) is 25.0. The molecule has 1 amide bonds. The summed E-state index contributed by atoms with van der Waals surface area (Å²) in [7, 11) is 3.22. The molecule has 0 bridgehead atoms. The van der Waals surface area contributed by atoms with Gasteiger partial charge in [-0.25, -0.2) is 14.6 Å². The van der Waals surface area contributed by atoms with E-state index in [-0.39, 0.29) is 11.4 Å². The molecule has 1 saturated heterocycles. The molecule has 1 fully saturated rings. The third-order valence-electron chi connectivity index (χ3n) is 6.32. The minimum absolute atomic E-state index is 0.180. The van der Waals surface area contributed by atoms with Crippen LogP contribution in [-0.2, 0) is 4.74 Å². The van der Waals surface area contributed by atoms with Crippen LogP contribution in [0.4, 0.5) is 0 Å². The Morgan fingerprint density at radius 3 is 2.66 bits per heavy atom. The Morgan fingerprint density at radius 2 is 1.94 bits per heavy atom. The van der Waals surface area contributed by atoms with E-state index in [1.54, 1.807) is 37.4 Å². The molecule has 10 nitrogen and oxygen atoms in total. The van der Waals surface area contributed by atoms with Gasteiger partial charge in [-0.15, -0.1) is 0 Å². The Morgan fingerprint density at radius 1 is 1.17 bits per heavy atom. The number of aromatic nitrogens is 4. The first-order valence-corrected chi connectivity index (χ1v) is 11.6. The van der Waals surface area contributed by atoms with Gasteiger partial charge in [0.05, 0.1) is 50.6 Å². The van der Waals surface area contributed by atoms with Crippen LogP contribution in [0, 0.1) is 6.92 Å². The van der Waals surface area contributed by atoms with Crippen molar-refractivity contribution in [2.24, 2.45) is 0 Å². The van der Waals surface area contributed by atoms with Gasteiger partial charge in [0.2, 0.25) is 0 Å². The summed E-state index contributed by atoms with van der Waals surface area (Å²) in [6.45, 7) is 9.72. The highest BCUT2D eigenvalue weighted by atomic mass is 16.5. The molecule has 10 heteroatoms. The third-order valence-corrected chi connectivity index (χ3v) is 6.32. The quantitative estimate of drug-likeness (QED) is 0.525. The molecule has 35 heavy (non-hydrogen) atoms. The molecule has 3 aromatic rings. The Kier molecular flexibility index (Phi) is 7.32. The van der Waals surface area contributed by atoms with Crippen LogP contribution in [0.25, 0.3) is 17.2 Å². The average Bonchev–Trinajstić information content (AvgIpc) is 3.28. The van der Waals surface area contributed by atoms with Crippen LogP contribution in [-0.4, -0.2) is 83.2 Å². The van der Waals surface area contributed by atoms with Crippen molar-refractivity contribution in [1.82, 2.24) is 30.0 Å². The van der Waals surface area contributed by atoms with Crippen molar-refractivity contribution in [2.45, 2.75) is 26.3 Å². The van der Waals surface area contributed by atoms with Gasteiger partial charge in [0.1, 0.15) is 11.5 Å². The molecule has 3 heterocycles. The van der Waals surface area contributed by atoms with Gasteiger partial charge in [0.25, 0.3) is 11.9 Å². The monoisotopic (exact) mass is 480 g/mol. The molecular weight excluding hydrogens is 448 g/mol. The van der Waals surface area contributed by atoms with Gasteiger partial charge in [0.15, 0.2) is 0 Å². The molecule has 1 aliphatic heterocycles. The van der Waals surface area contributed by atoms with Crippen molar-refractivity contribution >= 4 is 5.91 Å². The van der Waals surface area contributed by atoms with Gasteiger partial charge in [0, 0.05) is 36.9 Å². The fourth-order valence-corrected chi connectivity index (χ4v) is 4.12. The first-order chi connectivity index (χ1) is 16.8. The minimum atomic E-state index is -0.184. The molecule has 0 radical (unpaired) electrons. The first-order valence-electron chi connectivity index (χ1n) is 11.6. The number of nitrogens with zero attached hydrogens (tertiary/aromatic N) is 5. The number of carbonyl (C=O) groups excluding carboxylic acids is 1. The van der Waals surface area contributed by atoms with Crippen molar-refractivity contribution < 1.29 is 19.0 Å². The third kappa shape index (κ3) is 5.28. The van der Waals surface area contributed by atoms with Gasteiger partial charge in [-0.2, -0.15) is 5.10 Å². The van der Waals surface area contributed by atoms with Gasteiger partial charge < -0.3 is 19.5 Å². The summed E-state index contributed by atoms with van der Waals surface area (Å²) < 4.78 is 17.9. The van der Waals surface area contributed by atoms with Crippen LogP contribution < -0.4 is 14.8 Å². The molecule has 0 unspecified atom stereocenters. The van der Waals surface area contributed by atoms with Gasteiger partial charge in [-0.3, -0.25) is 9.69 Å². The Balaban J connectivity index is 1.54. The van der Waals surface area contributed by atoms with E-state index in [0.717, 1.165) is 18.7 Å². The summed E-state index contributed by atoms with van der Waals surface area (Å²) in [5, 5.41) is 7.46. The molecule has 1 aliphatic rings. The van der Waals surface area contributed by atoms with E-state index in [4.69, 9.17) is 14.2 Å². The van der Waals surface area contributed by atoms with E-state index in [1.807, 2.05) is 25.1 Å². The number of methoxy groups -OCH3 is 2. The van der Waals surface area contributed by atoms with E-state index in [0.29, 0.717) is 54.2 Å². The highest BCUT2D eigenvalue weighted by Crippen LogP contribution is 2.32. The van der Waals surface area contributed by atoms with Crippen LogP contribution in [0.2, 0.25) is 0 Å². The van der Waals surface area contributed by atoms with Crippen molar-refractivity contribution in [2.75, 3.05) is 47.1 Å². The fourth-order valence-electron chi connectivity index (χ4n) is 4.12. The summed E-state index contributed by atoms with van der Waals surface area (Å²) in [4.78, 5) is 24.4. The molecule has 0 saturated carbocycles. The average molecular weight is 481 g/mol. The minimum Gasteiger partial charge on any atom is -0.497 e.